The number of rotatable bonds is 4. The minimum atomic E-state index is 0.0389. The molecule has 5 heteroatoms. The van der Waals surface area contributed by atoms with Crippen molar-refractivity contribution in [3.63, 3.8) is 0 Å². The number of hydrogen-bond acceptors (Lipinski definition) is 4. The van der Waals surface area contributed by atoms with Gasteiger partial charge in [-0.2, -0.15) is 0 Å². The molecule has 4 rings (SSSR count). The van der Waals surface area contributed by atoms with Crippen molar-refractivity contribution in [2.45, 2.75) is 51.2 Å². The number of hydrogen-bond donors (Lipinski definition) is 1. The van der Waals surface area contributed by atoms with Gasteiger partial charge in [-0.25, -0.2) is 0 Å². The molecule has 0 radical (unpaired) electrons. The van der Waals surface area contributed by atoms with Crippen LogP contribution in [0.25, 0.3) is 5.65 Å². The minimum Gasteiger partial charge on any atom is -0.484 e. The maximum Gasteiger partial charge on any atom is 0.161 e. The zero-order chi connectivity index (χ0) is 17.4. The van der Waals surface area contributed by atoms with Gasteiger partial charge in [-0.1, -0.05) is 38.1 Å². The van der Waals surface area contributed by atoms with Crippen molar-refractivity contribution in [3.8, 4) is 5.75 Å². The second kappa shape index (κ2) is 6.48. The topological polar surface area (TPSA) is 65.4 Å². The SMILES string of the molecule is CC[C@H](C)c1nnc2ccc(O[C@@H]3CC[C@H](N)c4ccccc43)cn12. The van der Waals surface area contributed by atoms with Crippen molar-refractivity contribution in [1.82, 2.24) is 14.6 Å². The summed E-state index contributed by atoms with van der Waals surface area (Å²) >= 11 is 0. The van der Waals surface area contributed by atoms with Gasteiger partial charge in [0, 0.05) is 12.0 Å². The highest BCUT2D eigenvalue weighted by Crippen LogP contribution is 2.37. The van der Waals surface area contributed by atoms with Crippen molar-refractivity contribution < 1.29 is 4.74 Å². The van der Waals surface area contributed by atoms with E-state index >= 15 is 0 Å². The molecular formula is C20H24N4O. The summed E-state index contributed by atoms with van der Waals surface area (Å²) in [5.74, 6) is 2.18. The number of fused-ring (bicyclic) bond motifs is 2. The lowest BCUT2D eigenvalue weighted by molar-refractivity contribution is 0.176. The van der Waals surface area contributed by atoms with E-state index < -0.39 is 0 Å². The number of ether oxygens (including phenoxy) is 1. The first-order chi connectivity index (χ1) is 12.2. The molecule has 0 aliphatic heterocycles. The summed E-state index contributed by atoms with van der Waals surface area (Å²) in [6, 6.07) is 12.4. The Balaban J connectivity index is 1.66. The van der Waals surface area contributed by atoms with Gasteiger partial charge in [0.05, 0.1) is 6.20 Å². The van der Waals surface area contributed by atoms with Crippen molar-refractivity contribution >= 4 is 5.65 Å². The Morgan fingerprint density at radius 1 is 1.16 bits per heavy atom. The number of nitrogens with zero attached hydrogens (tertiary/aromatic N) is 3. The smallest absolute Gasteiger partial charge is 0.161 e. The first kappa shape index (κ1) is 16.1. The predicted octanol–water partition coefficient (Wildman–Crippen LogP) is 4.16. The molecular weight excluding hydrogens is 312 g/mol. The van der Waals surface area contributed by atoms with Gasteiger partial charge in [-0.3, -0.25) is 4.40 Å². The molecule has 3 atom stereocenters. The summed E-state index contributed by atoms with van der Waals surface area (Å²) in [6.07, 6.45) is 4.94. The molecule has 5 nitrogen and oxygen atoms in total. The first-order valence-corrected chi connectivity index (χ1v) is 9.03. The van der Waals surface area contributed by atoms with Gasteiger partial charge in [-0.05, 0) is 42.5 Å². The zero-order valence-electron chi connectivity index (χ0n) is 14.7. The van der Waals surface area contributed by atoms with E-state index in [1.54, 1.807) is 0 Å². The summed E-state index contributed by atoms with van der Waals surface area (Å²) in [5, 5.41) is 8.60. The van der Waals surface area contributed by atoms with Crippen LogP contribution in [-0.2, 0) is 0 Å². The molecule has 2 heterocycles. The Morgan fingerprint density at radius 2 is 1.96 bits per heavy atom. The van der Waals surface area contributed by atoms with Gasteiger partial charge >= 0.3 is 0 Å². The Labute approximate surface area is 147 Å². The molecule has 0 unspecified atom stereocenters. The third-order valence-corrected chi connectivity index (χ3v) is 5.22. The molecule has 0 fully saturated rings. The lowest BCUT2D eigenvalue weighted by Crippen LogP contribution is -2.23. The maximum atomic E-state index is 6.34. The monoisotopic (exact) mass is 336 g/mol. The van der Waals surface area contributed by atoms with E-state index in [0.29, 0.717) is 5.92 Å². The Morgan fingerprint density at radius 3 is 2.76 bits per heavy atom. The predicted molar refractivity (Wildman–Crippen MR) is 97.7 cm³/mol. The van der Waals surface area contributed by atoms with Gasteiger partial charge < -0.3 is 10.5 Å². The standard InChI is InChI=1S/C20H24N4O/c1-3-13(2)20-23-22-19-11-8-14(12-24(19)20)25-18-10-9-17(21)15-6-4-5-7-16(15)18/h4-8,11-13,17-18H,3,9-10,21H2,1-2H3/t13-,17-,18+/m0/s1. The molecule has 0 amide bonds. The number of pyridine rings is 1. The van der Waals surface area contributed by atoms with E-state index in [4.69, 9.17) is 10.5 Å². The number of benzene rings is 1. The third-order valence-electron chi connectivity index (χ3n) is 5.22. The molecule has 0 saturated heterocycles. The molecule has 1 aliphatic carbocycles. The van der Waals surface area contributed by atoms with E-state index in [-0.39, 0.29) is 12.1 Å². The second-order valence-electron chi connectivity index (χ2n) is 6.88. The van der Waals surface area contributed by atoms with Crippen molar-refractivity contribution in [2.24, 2.45) is 5.73 Å². The van der Waals surface area contributed by atoms with E-state index in [9.17, 15) is 0 Å². The third kappa shape index (κ3) is 2.89. The van der Waals surface area contributed by atoms with E-state index in [1.807, 2.05) is 28.8 Å². The Kier molecular flexibility index (Phi) is 4.17. The summed E-state index contributed by atoms with van der Waals surface area (Å²) in [6.45, 7) is 4.33. The molecule has 3 aromatic rings. The van der Waals surface area contributed by atoms with Crippen molar-refractivity contribution in [2.75, 3.05) is 0 Å². The van der Waals surface area contributed by atoms with Gasteiger partial charge in [0.2, 0.25) is 0 Å². The molecule has 25 heavy (non-hydrogen) atoms. The highest BCUT2D eigenvalue weighted by molar-refractivity contribution is 5.42. The van der Waals surface area contributed by atoms with Gasteiger partial charge in [0.1, 0.15) is 17.7 Å². The quantitative estimate of drug-likeness (QED) is 0.777. The van der Waals surface area contributed by atoms with Crippen LogP contribution in [-0.4, -0.2) is 14.6 Å². The minimum absolute atomic E-state index is 0.0389. The Hall–Kier alpha value is -2.40. The van der Waals surface area contributed by atoms with Crippen molar-refractivity contribution in [3.05, 3.63) is 59.5 Å². The van der Waals surface area contributed by atoms with E-state index in [1.165, 1.54) is 11.1 Å². The zero-order valence-corrected chi connectivity index (χ0v) is 14.7. The molecule has 0 bridgehead atoms. The van der Waals surface area contributed by atoms with Gasteiger partial charge in [-0.15, -0.1) is 10.2 Å². The largest absolute Gasteiger partial charge is 0.484 e. The van der Waals surface area contributed by atoms with Crippen LogP contribution in [0, 0.1) is 0 Å². The summed E-state index contributed by atoms with van der Waals surface area (Å²) in [5.41, 5.74) is 9.51. The molecule has 1 aromatic carbocycles. The van der Waals surface area contributed by atoms with E-state index in [2.05, 4.69) is 42.2 Å². The fraction of sp³-hybridized carbons (Fsp3) is 0.400. The fourth-order valence-electron chi connectivity index (χ4n) is 3.55. The number of nitrogens with two attached hydrogens (primary N) is 1. The molecule has 130 valence electrons. The second-order valence-corrected chi connectivity index (χ2v) is 6.88. The molecule has 0 spiro atoms. The van der Waals surface area contributed by atoms with Crippen molar-refractivity contribution in [1.29, 1.82) is 0 Å². The van der Waals surface area contributed by atoms with Crippen LogP contribution in [0.1, 0.15) is 68.1 Å². The average Bonchev–Trinajstić information content (AvgIpc) is 3.07. The van der Waals surface area contributed by atoms with Crippen LogP contribution in [0.2, 0.25) is 0 Å². The summed E-state index contributed by atoms with van der Waals surface area (Å²) in [7, 11) is 0. The van der Waals surface area contributed by atoms with Crippen LogP contribution in [0.5, 0.6) is 5.75 Å². The maximum absolute atomic E-state index is 6.34. The van der Waals surface area contributed by atoms with Gasteiger partial charge in [0.25, 0.3) is 0 Å². The van der Waals surface area contributed by atoms with Crippen LogP contribution in [0.3, 0.4) is 0 Å². The van der Waals surface area contributed by atoms with Crippen LogP contribution >= 0.6 is 0 Å². The highest BCUT2D eigenvalue weighted by atomic mass is 16.5. The van der Waals surface area contributed by atoms with E-state index in [0.717, 1.165) is 36.5 Å². The highest BCUT2D eigenvalue weighted by Gasteiger charge is 2.26. The molecule has 2 aromatic heterocycles. The van der Waals surface area contributed by atoms with Gasteiger partial charge in [0.15, 0.2) is 5.65 Å². The molecule has 0 saturated carbocycles. The lowest BCUT2D eigenvalue weighted by Gasteiger charge is -2.30. The molecule has 2 N–H and O–H groups in total. The first-order valence-electron chi connectivity index (χ1n) is 9.03. The fourth-order valence-corrected chi connectivity index (χ4v) is 3.55. The molecule has 1 aliphatic rings. The number of aromatic nitrogens is 3. The van der Waals surface area contributed by atoms with Crippen LogP contribution in [0.15, 0.2) is 42.6 Å². The summed E-state index contributed by atoms with van der Waals surface area (Å²) in [4.78, 5) is 0. The van der Waals surface area contributed by atoms with Crippen LogP contribution < -0.4 is 10.5 Å². The average molecular weight is 336 g/mol. The Bertz CT molecular complexity index is 888. The normalized spacial score (nSPS) is 21.1. The summed E-state index contributed by atoms with van der Waals surface area (Å²) < 4.78 is 8.39. The van der Waals surface area contributed by atoms with Crippen LogP contribution in [0.4, 0.5) is 0 Å². The lowest BCUT2D eigenvalue weighted by atomic mass is 9.86.